The highest BCUT2D eigenvalue weighted by Gasteiger charge is 2.24. The molecule has 1 amide bonds. The minimum absolute atomic E-state index is 0.242. The molecule has 1 aromatic heterocycles. The molecule has 2 heterocycles. The zero-order valence-electron chi connectivity index (χ0n) is 16.6. The average molecular weight is 367 g/mol. The third-order valence-electron chi connectivity index (χ3n) is 6.11. The van der Waals surface area contributed by atoms with Crippen molar-refractivity contribution < 1.29 is 4.79 Å². The fourth-order valence-corrected chi connectivity index (χ4v) is 3.68. The van der Waals surface area contributed by atoms with E-state index in [1.54, 1.807) is 12.3 Å². The Morgan fingerprint density at radius 2 is 1.67 bits per heavy atom. The van der Waals surface area contributed by atoms with Crippen molar-refractivity contribution in [2.24, 2.45) is 5.73 Å². The van der Waals surface area contributed by atoms with Crippen LogP contribution in [0.25, 0.3) is 0 Å². The highest BCUT2D eigenvalue weighted by molar-refractivity contribution is 5.90. The van der Waals surface area contributed by atoms with Gasteiger partial charge in [-0.2, -0.15) is 0 Å². The number of anilines is 2. The molecule has 1 aliphatic rings. The lowest BCUT2D eigenvalue weighted by molar-refractivity contribution is 0.0995. The molecule has 0 radical (unpaired) electrons. The maximum absolute atomic E-state index is 11.2. The Labute approximate surface area is 162 Å². The third-order valence-corrected chi connectivity index (χ3v) is 6.11. The van der Waals surface area contributed by atoms with E-state index in [9.17, 15) is 4.79 Å². The summed E-state index contributed by atoms with van der Waals surface area (Å²) in [4.78, 5) is 20.1. The monoisotopic (exact) mass is 366 g/mol. The molecular weight excluding hydrogens is 336 g/mol. The number of hydrogen-bond acceptors (Lipinski definition) is 4. The molecule has 0 unspecified atom stereocenters. The molecule has 0 aliphatic carbocycles. The number of aromatic nitrogens is 1. The molecule has 0 bridgehead atoms. The van der Waals surface area contributed by atoms with Gasteiger partial charge in [-0.1, -0.05) is 32.9 Å². The second kappa shape index (κ2) is 7.99. The number of amides is 1. The minimum Gasteiger partial charge on any atom is -0.368 e. The van der Waals surface area contributed by atoms with Crippen molar-refractivity contribution in [1.29, 1.82) is 0 Å². The molecular formula is C22H30N4O. The van der Waals surface area contributed by atoms with E-state index in [0.717, 1.165) is 44.7 Å². The average Bonchev–Trinajstić information content (AvgIpc) is 2.73. The summed E-state index contributed by atoms with van der Waals surface area (Å²) in [5, 5.41) is 0. The maximum atomic E-state index is 11.2. The zero-order chi connectivity index (χ0) is 19.4. The van der Waals surface area contributed by atoms with E-state index in [0.29, 0.717) is 5.69 Å². The van der Waals surface area contributed by atoms with Crippen LogP contribution < -0.4 is 15.5 Å². The van der Waals surface area contributed by atoms with E-state index in [-0.39, 0.29) is 5.41 Å². The molecule has 27 heavy (non-hydrogen) atoms. The Morgan fingerprint density at radius 3 is 2.19 bits per heavy atom. The van der Waals surface area contributed by atoms with E-state index in [2.05, 4.69) is 59.8 Å². The lowest BCUT2D eigenvalue weighted by atomic mass is 9.78. The Kier molecular flexibility index (Phi) is 5.68. The van der Waals surface area contributed by atoms with Crippen LogP contribution in [0.3, 0.4) is 0 Å². The zero-order valence-corrected chi connectivity index (χ0v) is 16.6. The predicted molar refractivity (Wildman–Crippen MR) is 112 cm³/mol. The summed E-state index contributed by atoms with van der Waals surface area (Å²) >= 11 is 0. The summed E-state index contributed by atoms with van der Waals surface area (Å²) in [6, 6.07) is 12.7. The van der Waals surface area contributed by atoms with Crippen LogP contribution >= 0.6 is 0 Å². The number of primary amides is 1. The number of nitrogens with zero attached hydrogens (tertiary/aromatic N) is 3. The van der Waals surface area contributed by atoms with Crippen molar-refractivity contribution in [3.05, 3.63) is 53.9 Å². The van der Waals surface area contributed by atoms with Gasteiger partial charge in [-0.05, 0) is 48.1 Å². The molecule has 144 valence electrons. The topological polar surface area (TPSA) is 62.5 Å². The Balaban J connectivity index is 1.68. The molecule has 1 aliphatic heterocycles. The number of hydrogen-bond donors (Lipinski definition) is 1. The predicted octanol–water partition coefficient (Wildman–Crippen LogP) is 3.58. The fraction of sp³-hybridized carbons (Fsp3) is 0.455. The third kappa shape index (κ3) is 4.07. The molecule has 5 nitrogen and oxygen atoms in total. The number of carbonyl (C=O) groups excluding carboxylic acids is 1. The van der Waals surface area contributed by atoms with Gasteiger partial charge in [0.25, 0.3) is 5.91 Å². The fourth-order valence-electron chi connectivity index (χ4n) is 3.68. The van der Waals surface area contributed by atoms with Crippen molar-refractivity contribution in [3.8, 4) is 0 Å². The summed E-state index contributed by atoms with van der Waals surface area (Å²) in [5.41, 5.74) is 9.59. The molecule has 1 saturated heterocycles. The lowest BCUT2D eigenvalue weighted by Gasteiger charge is -2.38. The first kappa shape index (κ1) is 19.2. The van der Waals surface area contributed by atoms with E-state index in [4.69, 9.17) is 5.73 Å². The standard InChI is InChI=1S/C22H30N4O/c1-4-22(3,5-2)17-7-6-8-18(15-17)25-11-13-26(14-12-25)19-9-10-20(21(23)27)24-16-19/h6-10,15-16H,4-5,11-14H2,1-3H3,(H2,23,27). The van der Waals surface area contributed by atoms with Gasteiger partial charge in [0.1, 0.15) is 5.69 Å². The van der Waals surface area contributed by atoms with Gasteiger partial charge in [-0.15, -0.1) is 0 Å². The summed E-state index contributed by atoms with van der Waals surface area (Å²) < 4.78 is 0. The smallest absolute Gasteiger partial charge is 0.267 e. The van der Waals surface area contributed by atoms with Crippen LogP contribution in [-0.4, -0.2) is 37.1 Å². The molecule has 1 aromatic carbocycles. The molecule has 0 atom stereocenters. The first-order valence-electron chi connectivity index (χ1n) is 9.83. The Bertz CT molecular complexity index is 775. The van der Waals surface area contributed by atoms with Crippen LogP contribution in [0, 0.1) is 0 Å². The SMILES string of the molecule is CCC(C)(CC)c1cccc(N2CCN(c3ccc(C(N)=O)nc3)CC2)c1. The van der Waals surface area contributed by atoms with E-state index < -0.39 is 5.91 Å². The molecule has 2 N–H and O–H groups in total. The molecule has 0 spiro atoms. The maximum Gasteiger partial charge on any atom is 0.267 e. The quantitative estimate of drug-likeness (QED) is 0.849. The van der Waals surface area contributed by atoms with Crippen LogP contribution in [-0.2, 0) is 5.41 Å². The number of carbonyl (C=O) groups is 1. The Morgan fingerprint density at radius 1 is 1.04 bits per heavy atom. The molecule has 5 heteroatoms. The van der Waals surface area contributed by atoms with Crippen LogP contribution in [0.2, 0.25) is 0 Å². The molecule has 2 aromatic rings. The molecule has 3 rings (SSSR count). The normalized spacial score (nSPS) is 15.1. The van der Waals surface area contributed by atoms with Crippen molar-refractivity contribution in [2.45, 2.75) is 39.0 Å². The number of nitrogens with two attached hydrogens (primary N) is 1. The Hall–Kier alpha value is -2.56. The van der Waals surface area contributed by atoms with Crippen molar-refractivity contribution in [2.75, 3.05) is 36.0 Å². The number of pyridine rings is 1. The van der Waals surface area contributed by atoms with Crippen molar-refractivity contribution >= 4 is 17.3 Å². The first-order chi connectivity index (χ1) is 13.0. The van der Waals surface area contributed by atoms with E-state index in [1.165, 1.54) is 11.3 Å². The van der Waals surface area contributed by atoms with E-state index in [1.807, 2.05) is 6.07 Å². The van der Waals surface area contributed by atoms with Gasteiger partial charge < -0.3 is 15.5 Å². The number of piperazine rings is 1. The van der Waals surface area contributed by atoms with Crippen LogP contribution in [0.4, 0.5) is 11.4 Å². The summed E-state index contributed by atoms with van der Waals surface area (Å²) in [7, 11) is 0. The summed E-state index contributed by atoms with van der Waals surface area (Å²) in [5.74, 6) is -0.489. The lowest BCUT2D eigenvalue weighted by Crippen LogP contribution is -2.46. The molecule has 1 fully saturated rings. The van der Waals surface area contributed by atoms with Gasteiger partial charge in [-0.25, -0.2) is 4.98 Å². The first-order valence-corrected chi connectivity index (χ1v) is 9.83. The second-order valence-electron chi connectivity index (χ2n) is 7.56. The highest BCUT2D eigenvalue weighted by Crippen LogP contribution is 2.33. The highest BCUT2D eigenvalue weighted by atomic mass is 16.1. The van der Waals surface area contributed by atoms with E-state index >= 15 is 0 Å². The van der Waals surface area contributed by atoms with Gasteiger partial charge >= 0.3 is 0 Å². The van der Waals surface area contributed by atoms with Gasteiger partial charge in [0.15, 0.2) is 0 Å². The van der Waals surface area contributed by atoms with Crippen molar-refractivity contribution in [1.82, 2.24) is 4.98 Å². The van der Waals surface area contributed by atoms with Crippen LogP contribution in [0.15, 0.2) is 42.6 Å². The number of benzene rings is 1. The van der Waals surface area contributed by atoms with Crippen molar-refractivity contribution in [3.63, 3.8) is 0 Å². The molecule has 0 saturated carbocycles. The van der Waals surface area contributed by atoms with Crippen LogP contribution in [0.1, 0.15) is 49.7 Å². The second-order valence-corrected chi connectivity index (χ2v) is 7.56. The van der Waals surface area contributed by atoms with Gasteiger partial charge in [-0.3, -0.25) is 4.79 Å². The van der Waals surface area contributed by atoms with Gasteiger partial charge in [0.05, 0.1) is 11.9 Å². The minimum atomic E-state index is -0.489. The summed E-state index contributed by atoms with van der Waals surface area (Å²) in [6.45, 7) is 10.7. The van der Waals surface area contributed by atoms with Gasteiger partial charge in [0, 0.05) is 31.9 Å². The van der Waals surface area contributed by atoms with Gasteiger partial charge in [0.2, 0.25) is 0 Å². The summed E-state index contributed by atoms with van der Waals surface area (Å²) in [6.07, 6.45) is 4.04. The largest absolute Gasteiger partial charge is 0.368 e. The van der Waals surface area contributed by atoms with Crippen LogP contribution in [0.5, 0.6) is 0 Å². The number of rotatable bonds is 6.